The van der Waals surface area contributed by atoms with Crippen LogP contribution in [-0.4, -0.2) is 27.6 Å². The van der Waals surface area contributed by atoms with Crippen LogP contribution in [0.15, 0.2) is 29.3 Å². The van der Waals surface area contributed by atoms with Crippen molar-refractivity contribution in [2.75, 3.05) is 0 Å². The Bertz CT molecular complexity index is 995. The minimum Gasteiger partial charge on any atom is -0.462 e. The second-order valence-electron chi connectivity index (χ2n) is 10.1. The Labute approximate surface area is 186 Å². The van der Waals surface area contributed by atoms with Gasteiger partial charge in [-0.2, -0.15) is 5.10 Å². The number of aliphatic imine (C=N–C) groups is 1. The van der Waals surface area contributed by atoms with Gasteiger partial charge in [0.05, 0.1) is 11.8 Å². The summed E-state index contributed by atoms with van der Waals surface area (Å²) in [5, 5.41) is 4.88. The summed E-state index contributed by atoms with van der Waals surface area (Å²) in [5.74, 6) is 0.337. The number of aromatic nitrogens is 2. The fourth-order valence-electron chi connectivity index (χ4n) is 4.47. The SMILES string of the molecule is CCC(C)OC(=O)C1C(C)=Nc2c(c(C(C)(C)C)nn2C)C1c1ccccc1C(C)C. The summed E-state index contributed by atoms with van der Waals surface area (Å²) in [5.41, 5.74) is 5.07. The van der Waals surface area contributed by atoms with Crippen LogP contribution in [0, 0.1) is 5.92 Å². The highest BCUT2D eigenvalue weighted by molar-refractivity contribution is 6.05. The van der Waals surface area contributed by atoms with Crippen molar-refractivity contribution in [1.82, 2.24) is 9.78 Å². The highest BCUT2D eigenvalue weighted by Crippen LogP contribution is 2.48. The number of rotatable bonds is 5. The Morgan fingerprint density at radius 3 is 2.42 bits per heavy atom. The summed E-state index contributed by atoms with van der Waals surface area (Å²) < 4.78 is 7.72. The van der Waals surface area contributed by atoms with Crippen molar-refractivity contribution in [1.29, 1.82) is 0 Å². The van der Waals surface area contributed by atoms with E-state index >= 15 is 0 Å². The zero-order valence-corrected chi connectivity index (χ0v) is 20.5. The largest absolute Gasteiger partial charge is 0.462 e. The second-order valence-corrected chi connectivity index (χ2v) is 10.1. The van der Waals surface area contributed by atoms with Gasteiger partial charge in [-0.3, -0.25) is 9.48 Å². The van der Waals surface area contributed by atoms with Crippen LogP contribution >= 0.6 is 0 Å². The third-order valence-corrected chi connectivity index (χ3v) is 6.24. The summed E-state index contributed by atoms with van der Waals surface area (Å²) in [6.07, 6.45) is 0.659. The molecule has 5 heteroatoms. The number of hydrogen-bond acceptors (Lipinski definition) is 4. The Morgan fingerprint density at radius 1 is 1.19 bits per heavy atom. The van der Waals surface area contributed by atoms with Gasteiger partial charge in [0.1, 0.15) is 5.92 Å². The van der Waals surface area contributed by atoms with Gasteiger partial charge in [-0.1, -0.05) is 65.8 Å². The number of ether oxygens (including phenoxy) is 1. The minimum atomic E-state index is -0.466. The molecule has 0 spiro atoms. The average molecular weight is 424 g/mol. The summed E-state index contributed by atoms with van der Waals surface area (Å²) in [6, 6.07) is 8.46. The molecule has 1 aromatic carbocycles. The zero-order valence-electron chi connectivity index (χ0n) is 20.5. The first kappa shape index (κ1) is 23.2. The van der Waals surface area contributed by atoms with Gasteiger partial charge in [0.2, 0.25) is 0 Å². The van der Waals surface area contributed by atoms with Gasteiger partial charge in [0.15, 0.2) is 5.82 Å². The standard InChI is InChI=1S/C26H37N3O2/c1-10-16(4)31-25(30)20-17(5)27-24-22(23(26(6,7)8)28-29(24)9)21(20)19-14-12-11-13-18(19)15(2)3/h11-16,20-21H,10H2,1-9H3. The molecule has 168 valence electrons. The lowest BCUT2D eigenvalue weighted by Crippen LogP contribution is -2.36. The molecule has 1 aliphatic rings. The van der Waals surface area contributed by atoms with Crippen LogP contribution in [0.1, 0.15) is 96.0 Å². The van der Waals surface area contributed by atoms with Crippen molar-refractivity contribution in [2.45, 2.75) is 85.2 Å². The Hall–Kier alpha value is -2.43. The van der Waals surface area contributed by atoms with E-state index < -0.39 is 5.92 Å². The lowest BCUT2D eigenvalue weighted by molar-refractivity contribution is -0.151. The van der Waals surface area contributed by atoms with Crippen LogP contribution in [0.25, 0.3) is 0 Å². The van der Waals surface area contributed by atoms with Gasteiger partial charge in [-0.15, -0.1) is 0 Å². The smallest absolute Gasteiger partial charge is 0.315 e. The van der Waals surface area contributed by atoms with Gasteiger partial charge >= 0.3 is 5.97 Å². The number of aryl methyl sites for hydroxylation is 1. The number of nitrogens with zero attached hydrogens (tertiary/aromatic N) is 3. The molecule has 0 N–H and O–H groups in total. The summed E-state index contributed by atoms with van der Waals surface area (Å²) >= 11 is 0. The molecule has 0 saturated carbocycles. The fourth-order valence-corrected chi connectivity index (χ4v) is 4.47. The van der Waals surface area contributed by atoms with E-state index in [1.54, 1.807) is 0 Å². The maximum absolute atomic E-state index is 13.5. The molecular formula is C26H37N3O2. The van der Waals surface area contributed by atoms with E-state index in [2.05, 4.69) is 58.9 Å². The van der Waals surface area contributed by atoms with Gasteiger partial charge in [-0.25, -0.2) is 4.99 Å². The van der Waals surface area contributed by atoms with Gasteiger partial charge in [0.25, 0.3) is 0 Å². The van der Waals surface area contributed by atoms with E-state index in [-0.39, 0.29) is 23.4 Å². The van der Waals surface area contributed by atoms with E-state index in [1.807, 2.05) is 32.5 Å². The molecule has 0 amide bonds. The monoisotopic (exact) mass is 423 g/mol. The molecule has 2 aromatic rings. The van der Waals surface area contributed by atoms with Crippen LogP contribution in [0.3, 0.4) is 0 Å². The molecule has 5 nitrogen and oxygen atoms in total. The van der Waals surface area contributed by atoms with E-state index in [0.717, 1.165) is 34.8 Å². The minimum absolute atomic E-state index is 0.126. The Kier molecular flexibility index (Phi) is 6.45. The Balaban J connectivity index is 2.31. The molecule has 2 heterocycles. The molecule has 0 aliphatic carbocycles. The third kappa shape index (κ3) is 4.32. The summed E-state index contributed by atoms with van der Waals surface area (Å²) in [4.78, 5) is 18.4. The van der Waals surface area contributed by atoms with Crippen molar-refractivity contribution in [3.8, 4) is 0 Å². The van der Waals surface area contributed by atoms with Crippen molar-refractivity contribution in [3.63, 3.8) is 0 Å². The molecular weight excluding hydrogens is 386 g/mol. The fraction of sp³-hybridized carbons (Fsp3) is 0.577. The van der Waals surface area contributed by atoms with Crippen LogP contribution in [0.4, 0.5) is 5.82 Å². The summed E-state index contributed by atoms with van der Waals surface area (Å²) in [7, 11) is 1.94. The van der Waals surface area contributed by atoms with Crippen molar-refractivity contribution >= 4 is 17.5 Å². The van der Waals surface area contributed by atoms with Gasteiger partial charge in [0, 0.05) is 29.7 Å². The highest BCUT2D eigenvalue weighted by Gasteiger charge is 2.44. The van der Waals surface area contributed by atoms with Crippen molar-refractivity contribution in [2.24, 2.45) is 18.0 Å². The van der Waals surface area contributed by atoms with Gasteiger partial charge < -0.3 is 4.74 Å². The first-order valence-electron chi connectivity index (χ1n) is 11.4. The molecule has 0 bridgehead atoms. The maximum atomic E-state index is 13.5. The third-order valence-electron chi connectivity index (χ3n) is 6.24. The molecule has 0 radical (unpaired) electrons. The normalized spacial score (nSPS) is 19.7. The number of fused-ring (bicyclic) bond motifs is 1. The van der Waals surface area contributed by atoms with E-state index in [1.165, 1.54) is 5.56 Å². The number of esters is 1. The Morgan fingerprint density at radius 2 is 1.84 bits per heavy atom. The van der Waals surface area contributed by atoms with Crippen LogP contribution in [-0.2, 0) is 22.0 Å². The highest BCUT2D eigenvalue weighted by atomic mass is 16.5. The number of hydrogen-bond donors (Lipinski definition) is 0. The summed E-state index contributed by atoms with van der Waals surface area (Å²) in [6.45, 7) is 16.8. The van der Waals surface area contributed by atoms with E-state index in [9.17, 15) is 4.79 Å². The molecule has 1 aliphatic heterocycles. The predicted octanol–water partition coefficient (Wildman–Crippen LogP) is 6.04. The molecule has 3 rings (SSSR count). The van der Waals surface area contributed by atoms with E-state index in [0.29, 0.717) is 5.92 Å². The lowest BCUT2D eigenvalue weighted by atomic mass is 9.71. The predicted molar refractivity (Wildman–Crippen MR) is 126 cm³/mol. The van der Waals surface area contributed by atoms with E-state index in [4.69, 9.17) is 14.8 Å². The molecule has 31 heavy (non-hydrogen) atoms. The molecule has 3 unspecified atom stereocenters. The van der Waals surface area contributed by atoms with Crippen molar-refractivity contribution < 1.29 is 9.53 Å². The molecule has 1 aromatic heterocycles. The second kappa shape index (κ2) is 8.60. The number of benzene rings is 1. The number of carbonyl (C=O) groups is 1. The quantitative estimate of drug-likeness (QED) is 0.551. The molecule has 3 atom stereocenters. The van der Waals surface area contributed by atoms with Crippen molar-refractivity contribution in [3.05, 3.63) is 46.6 Å². The lowest BCUT2D eigenvalue weighted by Gasteiger charge is -2.34. The zero-order chi connectivity index (χ0) is 23.1. The van der Waals surface area contributed by atoms with Crippen LogP contribution in [0.5, 0.6) is 0 Å². The first-order chi connectivity index (χ1) is 14.5. The molecule has 0 fully saturated rings. The maximum Gasteiger partial charge on any atom is 0.315 e. The molecule has 0 saturated heterocycles. The van der Waals surface area contributed by atoms with Crippen LogP contribution in [0.2, 0.25) is 0 Å². The average Bonchev–Trinajstić information content (AvgIpc) is 3.03. The topological polar surface area (TPSA) is 56.5 Å². The number of carbonyl (C=O) groups excluding carboxylic acids is 1. The van der Waals surface area contributed by atoms with Gasteiger partial charge in [-0.05, 0) is 37.3 Å². The first-order valence-corrected chi connectivity index (χ1v) is 11.4. The van der Waals surface area contributed by atoms with Crippen LogP contribution < -0.4 is 0 Å².